The van der Waals surface area contributed by atoms with E-state index < -0.39 is 5.41 Å². The van der Waals surface area contributed by atoms with Crippen molar-refractivity contribution >= 4 is 21.8 Å². The Morgan fingerprint density at radius 2 is 1.90 bits per heavy atom. The number of primary amides is 1. The van der Waals surface area contributed by atoms with Gasteiger partial charge >= 0.3 is 0 Å². The molecule has 6 heteroatoms. The molecular weight excluding hydrogens is 324 g/mol. The molecule has 4 N–H and O–H groups in total. The maximum absolute atomic E-state index is 11.4. The third-order valence-electron chi connectivity index (χ3n) is 3.46. The van der Waals surface area contributed by atoms with Gasteiger partial charge in [-0.1, -0.05) is 29.8 Å². The van der Waals surface area contributed by atoms with Gasteiger partial charge in [0.2, 0.25) is 5.91 Å². The standard InChI is InChI=1S/C14H19BrN2O3/c1-14(2,13(17)18)7-10(16)8-5-11-12(6-9(8)15)20-4-3-19-11/h5-6,10H,3-4,7,16H2,1-2H3,(H2,17,18). The fourth-order valence-corrected chi connectivity index (χ4v) is 2.74. The van der Waals surface area contributed by atoms with Gasteiger partial charge in [-0.2, -0.15) is 0 Å². The van der Waals surface area contributed by atoms with Crippen LogP contribution in [0.4, 0.5) is 0 Å². The molecular formula is C14H19BrN2O3. The zero-order chi connectivity index (χ0) is 14.9. The summed E-state index contributed by atoms with van der Waals surface area (Å²) in [6.07, 6.45) is 0.459. The molecule has 0 aromatic heterocycles. The van der Waals surface area contributed by atoms with Crippen molar-refractivity contribution in [2.75, 3.05) is 13.2 Å². The molecule has 0 saturated heterocycles. The lowest BCUT2D eigenvalue weighted by atomic mass is 9.83. The number of benzene rings is 1. The Labute approximate surface area is 126 Å². The van der Waals surface area contributed by atoms with Crippen molar-refractivity contribution in [3.05, 3.63) is 22.2 Å². The number of rotatable bonds is 4. The summed E-state index contributed by atoms with van der Waals surface area (Å²) >= 11 is 3.49. The Hall–Kier alpha value is -1.27. The number of halogens is 1. The first-order chi connectivity index (χ1) is 9.31. The molecule has 0 bridgehead atoms. The number of carbonyl (C=O) groups is 1. The van der Waals surface area contributed by atoms with Crippen molar-refractivity contribution in [1.29, 1.82) is 0 Å². The van der Waals surface area contributed by atoms with Crippen LogP contribution >= 0.6 is 15.9 Å². The Balaban J connectivity index is 2.26. The number of carbonyl (C=O) groups excluding carboxylic acids is 1. The molecule has 2 rings (SSSR count). The molecule has 110 valence electrons. The second-order valence-electron chi connectivity index (χ2n) is 5.58. The first-order valence-electron chi connectivity index (χ1n) is 6.46. The van der Waals surface area contributed by atoms with Crippen LogP contribution in [0.1, 0.15) is 31.9 Å². The second kappa shape index (κ2) is 5.61. The average molecular weight is 343 g/mol. The molecule has 0 spiro atoms. The number of ether oxygens (including phenoxy) is 2. The number of hydrogen-bond acceptors (Lipinski definition) is 4. The summed E-state index contributed by atoms with van der Waals surface area (Å²) in [5.74, 6) is 1.02. The predicted octanol–water partition coefficient (Wildman–Crippen LogP) is 2.12. The van der Waals surface area contributed by atoms with Gasteiger partial charge in [0.25, 0.3) is 0 Å². The summed E-state index contributed by atoms with van der Waals surface area (Å²) in [5, 5.41) is 0. The quantitative estimate of drug-likeness (QED) is 0.877. The second-order valence-corrected chi connectivity index (χ2v) is 6.43. The summed E-state index contributed by atoms with van der Waals surface area (Å²) in [4.78, 5) is 11.4. The molecule has 0 saturated carbocycles. The van der Waals surface area contributed by atoms with Crippen LogP contribution in [0.25, 0.3) is 0 Å². The molecule has 0 radical (unpaired) electrons. The number of hydrogen-bond donors (Lipinski definition) is 2. The van der Waals surface area contributed by atoms with Gasteiger partial charge in [0.05, 0.1) is 0 Å². The molecule has 1 unspecified atom stereocenters. The number of fused-ring (bicyclic) bond motifs is 1. The maximum Gasteiger partial charge on any atom is 0.223 e. The van der Waals surface area contributed by atoms with E-state index in [2.05, 4.69) is 15.9 Å². The van der Waals surface area contributed by atoms with Crippen molar-refractivity contribution < 1.29 is 14.3 Å². The highest BCUT2D eigenvalue weighted by Gasteiger charge is 2.29. The van der Waals surface area contributed by atoms with E-state index in [1.807, 2.05) is 12.1 Å². The van der Waals surface area contributed by atoms with E-state index in [0.29, 0.717) is 31.1 Å². The van der Waals surface area contributed by atoms with Crippen LogP contribution in [0.2, 0.25) is 0 Å². The summed E-state index contributed by atoms with van der Waals surface area (Å²) < 4.78 is 11.9. The minimum Gasteiger partial charge on any atom is -0.486 e. The van der Waals surface area contributed by atoms with Crippen LogP contribution in [0, 0.1) is 5.41 Å². The lowest BCUT2D eigenvalue weighted by Crippen LogP contribution is -2.34. The highest BCUT2D eigenvalue weighted by molar-refractivity contribution is 9.10. The smallest absolute Gasteiger partial charge is 0.223 e. The van der Waals surface area contributed by atoms with Crippen molar-refractivity contribution in [1.82, 2.24) is 0 Å². The maximum atomic E-state index is 11.4. The zero-order valence-electron chi connectivity index (χ0n) is 11.6. The molecule has 1 atom stereocenters. The van der Waals surface area contributed by atoms with Gasteiger partial charge in [-0.3, -0.25) is 4.79 Å². The van der Waals surface area contributed by atoms with E-state index in [0.717, 1.165) is 10.0 Å². The monoisotopic (exact) mass is 342 g/mol. The molecule has 20 heavy (non-hydrogen) atoms. The molecule has 0 fully saturated rings. The molecule has 1 aromatic carbocycles. The van der Waals surface area contributed by atoms with Crippen LogP contribution in [0.5, 0.6) is 11.5 Å². The van der Waals surface area contributed by atoms with E-state index >= 15 is 0 Å². The van der Waals surface area contributed by atoms with Crippen LogP contribution in [0.3, 0.4) is 0 Å². The predicted molar refractivity (Wildman–Crippen MR) is 79.7 cm³/mol. The van der Waals surface area contributed by atoms with Gasteiger partial charge in [-0.25, -0.2) is 0 Å². The van der Waals surface area contributed by atoms with Gasteiger partial charge in [-0.05, 0) is 24.1 Å². The highest BCUT2D eigenvalue weighted by atomic mass is 79.9. The van der Waals surface area contributed by atoms with E-state index in [4.69, 9.17) is 20.9 Å². The van der Waals surface area contributed by atoms with E-state index in [-0.39, 0.29) is 11.9 Å². The SMILES string of the molecule is CC(C)(CC(N)c1cc2c(cc1Br)OCCO2)C(N)=O. The average Bonchev–Trinajstić information content (AvgIpc) is 2.37. The zero-order valence-corrected chi connectivity index (χ0v) is 13.2. The fourth-order valence-electron chi connectivity index (χ4n) is 2.12. The largest absolute Gasteiger partial charge is 0.486 e. The first-order valence-corrected chi connectivity index (χ1v) is 7.25. The fraction of sp³-hybridized carbons (Fsp3) is 0.500. The Morgan fingerprint density at radius 3 is 2.45 bits per heavy atom. The van der Waals surface area contributed by atoms with Crippen LogP contribution < -0.4 is 20.9 Å². The first kappa shape index (κ1) is 15.1. The minimum atomic E-state index is -0.661. The van der Waals surface area contributed by atoms with Crippen molar-refractivity contribution in [3.63, 3.8) is 0 Å². The number of amides is 1. The van der Waals surface area contributed by atoms with Crippen LogP contribution in [-0.2, 0) is 4.79 Å². The van der Waals surface area contributed by atoms with E-state index in [1.165, 1.54) is 0 Å². The minimum absolute atomic E-state index is 0.317. The van der Waals surface area contributed by atoms with Gasteiger partial charge in [0, 0.05) is 15.9 Å². The summed E-state index contributed by atoms with van der Waals surface area (Å²) in [6.45, 7) is 4.65. The Bertz CT molecular complexity index is 531. The van der Waals surface area contributed by atoms with Crippen LogP contribution in [-0.4, -0.2) is 19.1 Å². The molecule has 1 aromatic rings. The molecule has 0 aliphatic carbocycles. The lowest BCUT2D eigenvalue weighted by molar-refractivity contribution is -0.126. The van der Waals surface area contributed by atoms with Gasteiger partial charge in [-0.15, -0.1) is 0 Å². The van der Waals surface area contributed by atoms with Crippen molar-refractivity contribution in [2.45, 2.75) is 26.3 Å². The topological polar surface area (TPSA) is 87.6 Å². The summed E-state index contributed by atoms with van der Waals surface area (Å²) in [6, 6.07) is 3.39. The van der Waals surface area contributed by atoms with E-state index in [1.54, 1.807) is 13.8 Å². The number of nitrogens with two attached hydrogens (primary N) is 2. The Morgan fingerprint density at radius 1 is 1.35 bits per heavy atom. The highest BCUT2D eigenvalue weighted by Crippen LogP contribution is 2.39. The van der Waals surface area contributed by atoms with Gasteiger partial charge < -0.3 is 20.9 Å². The molecule has 1 aliphatic heterocycles. The van der Waals surface area contributed by atoms with Gasteiger partial charge in [0.15, 0.2) is 11.5 Å². The normalized spacial score (nSPS) is 15.8. The third kappa shape index (κ3) is 3.07. The van der Waals surface area contributed by atoms with Crippen molar-refractivity contribution in [2.24, 2.45) is 16.9 Å². The van der Waals surface area contributed by atoms with Crippen molar-refractivity contribution in [3.8, 4) is 11.5 Å². The molecule has 1 heterocycles. The summed E-state index contributed by atoms with van der Waals surface area (Å²) in [7, 11) is 0. The third-order valence-corrected chi connectivity index (χ3v) is 4.14. The Kier molecular flexibility index (Phi) is 4.25. The lowest BCUT2D eigenvalue weighted by Gasteiger charge is -2.26. The van der Waals surface area contributed by atoms with Crippen LogP contribution in [0.15, 0.2) is 16.6 Å². The molecule has 1 aliphatic rings. The molecule has 5 nitrogen and oxygen atoms in total. The summed E-state index contributed by atoms with van der Waals surface area (Å²) in [5.41, 5.74) is 11.8. The van der Waals surface area contributed by atoms with Gasteiger partial charge in [0.1, 0.15) is 13.2 Å². The van der Waals surface area contributed by atoms with E-state index in [9.17, 15) is 4.79 Å². The molecule has 1 amide bonds.